The highest BCUT2D eigenvalue weighted by molar-refractivity contribution is 6.26. The first-order valence-electron chi connectivity index (χ1n) is 6.73. The van der Waals surface area contributed by atoms with Crippen molar-refractivity contribution in [2.45, 2.75) is 12.8 Å². The first kappa shape index (κ1) is 13.2. The van der Waals surface area contributed by atoms with E-state index in [-0.39, 0.29) is 11.5 Å². The molecule has 0 N–H and O–H groups in total. The molecule has 0 spiro atoms. The molecule has 0 unspecified atom stereocenters. The van der Waals surface area contributed by atoms with E-state index in [0.717, 1.165) is 17.5 Å². The molecule has 0 aliphatic heterocycles. The van der Waals surface area contributed by atoms with Crippen LogP contribution in [0.2, 0.25) is 0 Å². The van der Waals surface area contributed by atoms with Crippen molar-refractivity contribution in [2.24, 2.45) is 0 Å². The van der Waals surface area contributed by atoms with Crippen LogP contribution >= 0.6 is 0 Å². The SMILES string of the molecule is O=C1CCc2ccccc2/C1=C\c1ccccc1[N+](=O)[O-]. The van der Waals surface area contributed by atoms with Crippen molar-refractivity contribution in [3.05, 3.63) is 75.3 Å². The van der Waals surface area contributed by atoms with Crippen LogP contribution in [0.5, 0.6) is 0 Å². The van der Waals surface area contributed by atoms with Crippen molar-refractivity contribution in [2.75, 3.05) is 0 Å². The number of hydrogen-bond acceptors (Lipinski definition) is 3. The van der Waals surface area contributed by atoms with E-state index in [4.69, 9.17) is 0 Å². The zero-order valence-corrected chi connectivity index (χ0v) is 11.3. The number of para-hydroxylation sites is 1. The maximum absolute atomic E-state index is 12.2. The van der Waals surface area contributed by atoms with Crippen LogP contribution in [-0.2, 0) is 11.2 Å². The molecule has 0 fully saturated rings. The Morgan fingerprint density at radius 3 is 2.52 bits per heavy atom. The number of nitro groups is 1. The molecular formula is C17H13NO3. The molecule has 4 heteroatoms. The van der Waals surface area contributed by atoms with Crippen LogP contribution in [0.3, 0.4) is 0 Å². The molecule has 0 radical (unpaired) electrons. The Hall–Kier alpha value is -2.75. The van der Waals surface area contributed by atoms with Gasteiger partial charge in [0.1, 0.15) is 0 Å². The van der Waals surface area contributed by atoms with Crippen molar-refractivity contribution in [3.8, 4) is 0 Å². The van der Waals surface area contributed by atoms with E-state index in [1.54, 1.807) is 24.3 Å². The van der Waals surface area contributed by atoms with E-state index in [0.29, 0.717) is 17.6 Å². The summed E-state index contributed by atoms with van der Waals surface area (Å²) in [5, 5.41) is 11.1. The summed E-state index contributed by atoms with van der Waals surface area (Å²) in [4.78, 5) is 22.9. The number of rotatable bonds is 2. The summed E-state index contributed by atoms with van der Waals surface area (Å²) in [6, 6.07) is 14.2. The van der Waals surface area contributed by atoms with Gasteiger partial charge in [-0.1, -0.05) is 36.4 Å². The van der Waals surface area contributed by atoms with Gasteiger partial charge in [0, 0.05) is 18.1 Å². The van der Waals surface area contributed by atoms with Gasteiger partial charge in [0.25, 0.3) is 5.69 Å². The maximum atomic E-state index is 12.2. The van der Waals surface area contributed by atoms with Gasteiger partial charge in [-0.2, -0.15) is 0 Å². The van der Waals surface area contributed by atoms with E-state index in [1.165, 1.54) is 6.07 Å². The molecule has 0 aromatic heterocycles. The monoisotopic (exact) mass is 279 g/mol. The van der Waals surface area contributed by atoms with Crippen molar-refractivity contribution in [3.63, 3.8) is 0 Å². The van der Waals surface area contributed by atoms with E-state index in [2.05, 4.69) is 0 Å². The number of aryl methyl sites for hydroxylation is 1. The normalized spacial score (nSPS) is 15.8. The molecule has 104 valence electrons. The Balaban J connectivity index is 2.16. The zero-order valence-electron chi connectivity index (χ0n) is 11.3. The summed E-state index contributed by atoms with van der Waals surface area (Å²) in [5.41, 5.74) is 3.03. The van der Waals surface area contributed by atoms with Crippen LogP contribution in [0, 0.1) is 10.1 Å². The number of benzene rings is 2. The summed E-state index contributed by atoms with van der Waals surface area (Å²) in [6.45, 7) is 0. The molecule has 2 aromatic carbocycles. The predicted octanol–water partition coefficient (Wildman–Crippen LogP) is 3.65. The van der Waals surface area contributed by atoms with Gasteiger partial charge >= 0.3 is 0 Å². The lowest BCUT2D eigenvalue weighted by atomic mass is 9.85. The van der Waals surface area contributed by atoms with Crippen molar-refractivity contribution in [1.29, 1.82) is 0 Å². The first-order valence-corrected chi connectivity index (χ1v) is 6.73. The molecule has 21 heavy (non-hydrogen) atoms. The van der Waals surface area contributed by atoms with E-state index in [1.807, 2.05) is 24.3 Å². The lowest BCUT2D eigenvalue weighted by Gasteiger charge is -2.17. The van der Waals surface area contributed by atoms with Gasteiger partial charge in [-0.15, -0.1) is 0 Å². The topological polar surface area (TPSA) is 60.2 Å². The quantitative estimate of drug-likeness (QED) is 0.479. The molecule has 0 bridgehead atoms. The fraction of sp³-hybridized carbons (Fsp3) is 0.118. The third-order valence-electron chi connectivity index (χ3n) is 3.66. The number of carbonyl (C=O) groups excluding carboxylic acids is 1. The minimum absolute atomic E-state index is 0.0147. The number of fused-ring (bicyclic) bond motifs is 1. The van der Waals surface area contributed by atoms with E-state index >= 15 is 0 Å². The van der Waals surface area contributed by atoms with Crippen molar-refractivity contribution < 1.29 is 9.72 Å². The standard InChI is InChI=1S/C17H13NO3/c19-17-10-9-12-5-1-3-7-14(12)15(17)11-13-6-2-4-8-16(13)18(20)21/h1-8,11H,9-10H2/b15-11+. The third-order valence-corrected chi connectivity index (χ3v) is 3.66. The van der Waals surface area contributed by atoms with Gasteiger partial charge in [0.2, 0.25) is 0 Å². The molecule has 4 nitrogen and oxygen atoms in total. The van der Waals surface area contributed by atoms with Crippen LogP contribution in [0.25, 0.3) is 11.6 Å². The summed E-state index contributed by atoms with van der Waals surface area (Å²) < 4.78 is 0. The molecular weight excluding hydrogens is 266 g/mol. The van der Waals surface area contributed by atoms with Crippen molar-refractivity contribution >= 4 is 23.1 Å². The Kier molecular flexibility index (Phi) is 3.36. The average Bonchev–Trinajstić information content (AvgIpc) is 2.50. The number of Topliss-reactive ketones (excluding diaryl/α,β-unsaturated/α-hetero) is 1. The predicted molar refractivity (Wildman–Crippen MR) is 80.7 cm³/mol. The molecule has 0 saturated heterocycles. The lowest BCUT2D eigenvalue weighted by Crippen LogP contribution is -2.12. The van der Waals surface area contributed by atoms with Crippen LogP contribution in [0.15, 0.2) is 48.5 Å². The van der Waals surface area contributed by atoms with Crippen molar-refractivity contribution in [1.82, 2.24) is 0 Å². The molecule has 1 aliphatic carbocycles. The number of ketones is 1. The minimum Gasteiger partial charge on any atom is -0.294 e. The number of hydrogen-bond donors (Lipinski definition) is 0. The fourth-order valence-electron chi connectivity index (χ4n) is 2.62. The summed E-state index contributed by atoms with van der Waals surface area (Å²) in [6.07, 6.45) is 2.81. The van der Waals surface area contributed by atoms with Gasteiger partial charge in [-0.3, -0.25) is 14.9 Å². The largest absolute Gasteiger partial charge is 0.294 e. The average molecular weight is 279 g/mol. The number of nitro benzene ring substituents is 1. The second kappa shape index (κ2) is 5.32. The highest BCUT2D eigenvalue weighted by Crippen LogP contribution is 2.31. The number of carbonyl (C=O) groups is 1. The van der Waals surface area contributed by atoms with E-state index < -0.39 is 4.92 Å². The summed E-state index contributed by atoms with van der Waals surface area (Å²) in [5.74, 6) is 0.0341. The van der Waals surface area contributed by atoms with E-state index in [9.17, 15) is 14.9 Å². The van der Waals surface area contributed by atoms with Crippen LogP contribution in [0.1, 0.15) is 23.1 Å². The van der Waals surface area contributed by atoms with Gasteiger partial charge in [0.05, 0.1) is 10.5 Å². The summed E-state index contributed by atoms with van der Waals surface area (Å²) in [7, 11) is 0. The third kappa shape index (κ3) is 2.48. The molecule has 1 aliphatic rings. The van der Waals surface area contributed by atoms with Gasteiger partial charge in [0.15, 0.2) is 5.78 Å². The summed E-state index contributed by atoms with van der Waals surface area (Å²) >= 11 is 0. The maximum Gasteiger partial charge on any atom is 0.276 e. The Morgan fingerprint density at radius 1 is 1.00 bits per heavy atom. The minimum atomic E-state index is -0.425. The van der Waals surface area contributed by atoms with Crippen LogP contribution in [0.4, 0.5) is 5.69 Å². The molecule has 0 saturated carbocycles. The fourth-order valence-corrected chi connectivity index (χ4v) is 2.62. The Morgan fingerprint density at radius 2 is 1.71 bits per heavy atom. The molecule has 0 atom stereocenters. The second-order valence-electron chi connectivity index (χ2n) is 4.95. The Labute approximate surface area is 121 Å². The molecule has 0 amide bonds. The Bertz CT molecular complexity index is 762. The molecule has 2 aromatic rings. The first-order chi connectivity index (χ1) is 10.2. The molecule has 3 rings (SSSR count). The zero-order chi connectivity index (χ0) is 14.8. The second-order valence-corrected chi connectivity index (χ2v) is 4.95. The van der Waals surface area contributed by atoms with Gasteiger partial charge < -0.3 is 0 Å². The highest BCUT2D eigenvalue weighted by Gasteiger charge is 2.22. The van der Waals surface area contributed by atoms with Gasteiger partial charge in [-0.05, 0) is 29.7 Å². The van der Waals surface area contributed by atoms with Crippen LogP contribution < -0.4 is 0 Å². The number of nitrogens with zero attached hydrogens (tertiary/aromatic N) is 1. The molecule has 0 heterocycles. The number of allylic oxidation sites excluding steroid dienone is 1. The highest BCUT2D eigenvalue weighted by atomic mass is 16.6. The van der Waals surface area contributed by atoms with Gasteiger partial charge in [-0.25, -0.2) is 0 Å². The van der Waals surface area contributed by atoms with Crippen LogP contribution in [-0.4, -0.2) is 10.7 Å². The lowest BCUT2D eigenvalue weighted by molar-refractivity contribution is -0.385. The smallest absolute Gasteiger partial charge is 0.276 e.